The van der Waals surface area contributed by atoms with Gasteiger partial charge in [-0.05, 0) is 93.9 Å². The van der Waals surface area contributed by atoms with Crippen LogP contribution in [0.1, 0.15) is 34.1 Å². The van der Waals surface area contributed by atoms with Gasteiger partial charge in [-0.25, -0.2) is 0 Å². The number of allylic oxidation sites excluding steroid dienone is 2. The van der Waals surface area contributed by atoms with Crippen molar-refractivity contribution >= 4 is 55.2 Å². The number of rotatable bonds is 5. The first-order valence-electron chi connectivity index (χ1n) is 8.83. The molecule has 3 rings (SSSR count). The Labute approximate surface area is 170 Å². The van der Waals surface area contributed by atoms with Gasteiger partial charge in [0.15, 0.2) is 0 Å². The van der Waals surface area contributed by atoms with Gasteiger partial charge >= 0.3 is 0 Å². The van der Waals surface area contributed by atoms with Gasteiger partial charge in [-0.3, -0.25) is 0 Å². The topological polar surface area (TPSA) is 0 Å². The molecule has 0 radical (unpaired) electrons. The van der Waals surface area contributed by atoms with Crippen LogP contribution in [0.15, 0.2) is 59.7 Å². The maximum Gasteiger partial charge on any atom is 0.0406 e. The van der Waals surface area contributed by atoms with Gasteiger partial charge in [0.1, 0.15) is 0 Å². The third kappa shape index (κ3) is 4.26. The number of hydrogen-bond donors (Lipinski definition) is 0. The average molecular weight is 421 g/mol. The Morgan fingerprint density at radius 1 is 0.846 bits per heavy atom. The summed E-state index contributed by atoms with van der Waals surface area (Å²) < 4.78 is 0. The Bertz CT molecular complexity index is 805. The molecule has 26 heavy (non-hydrogen) atoms. The fraction of sp³-hybridized carbons (Fsp3) is 0.318. The van der Waals surface area contributed by atoms with Crippen LogP contribution in [0.2, 0.25) is 10.0 Å². The molecular weight excluding hydrogens is 397 g/mol. The molecule has 1 heterocycles. The standard InChI is InChI=1S/C22H24Cl2P2/c1-15-16(2)22(4,25-17(15)3)13-14-26(20-9-5-18(23)6-10-20)21-11-7-19(24)8-12-21/h5-12H,13-14H2,1-4H3. The summed E-state index contributed by atoms with van der Waals surface area (Å²) in [5, 5.41) is 6.12. The summed E-state index contributed by atoms with van der Waals surface area (Å²) in [5.41, 5.74) is 3.05. The van der Waals surface area contributed by atoms with E-state index in [9.17, 15) is 0 Å². The normalized spacial score (nSPS) is 20.7. The van der Waals surface area contributed by atoms with Crippen molar-refractivity contribution in [2.45, 2.75) is 39.3 Å². The highest BCUT2D eigenvalue weighted by Crippen LogP contribution is 2.47. The van der Waals surface area contributed by atoms with Crippen molar-refractivity contribution in [3.8, 4) is 0 Å². The largest absolute Gasteiger partial charge is 0.0899 e. The number of hydrogen-bond acceptors (Lipinski definition) is 0. The molecule has 0 spiro atoms. The molecule has 0 aliphatic carbocycles. The molecule has 0 aromatic heterocycles. The fourth-order valence-corrected chi connectivity index (χ4v) is 8.00. The predicted octanol–water partition coefficient (Wildman–Crippen LogP) is 7.06. The molecule has 4 heteroatoms. The van der Waals surface area contributed by atoms with Crippen molar-refractivity contribution in [3.05, 3.63) is 69.7 Å². The summed E-state index contributed by atoms with van der Waals surface area (Å²) in [6.45, 7) is 9.27. The molecule has 1 aliphatic heterocycles. The minimum atomic E-state index is -0.425. The molecule has 136 valence electrons. The molecule has 0 nitrogen and oxygen atoms in total. The smallest absolute Gasteiger partial charge is 0.0406 e. The molecule has 1 atom stereocenters. The highest BCUT2D eigenvalue weighted by Gasteiger charge is 2.32. The van der Waals surface area contributed by atoms with Gasteiger partial charge in [-0.2, -0.15) is 0 Å². The summed E-state index contributed by atoms with van der Waals surface area (Å²) >= 11 is 12.2. The Kier molecular flexibility index (Phi) is 6.31. The Hall–Kier alpha value is -0.640. The first-order chi connectivity index (χ1) is 12.3. The summed E-state index contributed by atoms with van der Waals surface area (Å²) in [4.78, 5) is 0. The minimum Gasteiger partial charge on any atom is -0.0899 e. The van der Waals surface area contributed by atoms with Crippen molar-refractivity contribution in [2.24, 2.45) is 0 Å². The van der Waals surface area contributed by atoms with Crippen LogP contribution >= 0.6 is 39.3 Å². The highest BCUT2D eigenvalue weighted by molar-refractivity contribution is 7.73. The van der Waals surface area contributed by atoms with E-state index >= 15 is 0 Å². The molecule has 1 unspecified atom stereocenters. The zero-order valence-electron chi connectivity index (χ0n) is 15.7. The summed E-state index contributed by atoms with van der Waals surface area (Å²) in [5.74, 6) is 0. The Balaban J connectivity index is 1.90. The van der Waals surface area contributed by atoms with Crippen molar-refractivity contribution < 1.29 is 0 Å². The van der Waals surface area contributed by atoms with Gasteiger partial charge in [0.2, 0.25) is 0 Å². The van der Waals surface area contributed by atoms with E-state index in [4.69, 9.17) is 23.2 Å². The van der Waals surface area contributed by atoms with Crippen molar-refractivity contribution in [1.29, 1.82) is 0 Å². The van der Waals surface area contributed by atoms with Gasteiger partial charge in [-0.1, -0.05) is 61.2 Å². The van der Waals surface area contributed by atoms with Crippen LogP contribution in [0, 0.1) is 0 Å². The maximum atomic E-state index is 6.12. The van der Waals surface area contributed by atoms with Crippen molar-refractivity contribution in [2.75, 3.05) is 6.16 Å². The highest BCUT2D eigenvalue weighted by atomic mass is 35.5. The van der Waals surface area contributed by atoms with Gasteiger partial charge in [0, 0.05) is 15.2 Å². The molecule has 0 amide bonds. The summed E-state index contributed by atoms with van der Waals surface area (Å²) in [6, 6.07) is 16.8. The lowest BCUT2D eigenvalue weighted by molar-refractivity contribution is 0.715. The second-order valence-corrected chi connectivity index (χ2v) is 12.2. The molecule has 0 saturated heterocycles. The van der Waals surface area contributed by atoms with E-state index in [1.807, 2.05) is 24.3 Å². The average Bonchev–Trinajstić information content (AvgIpc) is 2.81. The third-order valence-corrected chi connectivity index (χ3v) is 10.2. The van der Waals surface area contributed by atoms with E-state index < -0.39 is 7.92 Å². The van der Waals surface area contributed by atoms with Crippen LogP contribution < -0.4 is 10.6 Å². The molecule has 0 fully saturated rings. The lowest BCUT2D eigenvalue weighted by atomic mass is 9.94. The van der Waals surface area contributed by atoms with Gasteiger partial charge in [-0.15, -0.1) is 0 Å². The molecule has 2 aromatic carbocycles. The minimum absolute atomic E-state index is 0.258. The van der Waals surface area contributed by atoms with Crippen LogP contribution in [-0.2, 0) is 0 Å². The van der Waals surface area contributed by atoms with Crippen LogP contribution in [0.25, 0.3) is 0 Å². The molecule has 2 aromatic rings. The Morgan fingerprint density at radius 2 is 1.31 bits per heavy atom. The van der Waals surface area contributed by atoms with E-state index in [2.05, 4.69) is 52.0 Å². The van der Waals surface area contributed by atoms with E-state index in [1.165, 1.54) is 42.3 Å². The van der Waals surface area contributed by atoms with Gasteiger partial charge < -0.3 is 0 Å². The molecule has 0 bridgehead atoms. The monoisotopic (exact) mass is 420 g/mol. The van der Waals surface area contributed by atoms with E-state index in [0.29, 0.717) is 0 Å². The van der Waals surface area contributed by atoms with Crippen molar-refractivity contribution in [1.82, 2.24) is 0 Å². The molecule has 1 aliphatic rings. The lowest BCUT2D eigenvalue weighted by Gasteiger charge is -2.27. The van der Waals surface area contributed by atoms with E-state index in [0.717, 1.165) is 10.0 Å². The van der Waals surface area contributed by atoms with Gasteiger partial charge in [0.05, 0.1) is 0 Å². The van der Waals surface area contributed by atoms with E-state index in [-0.39, 0.29) is 5.16 Å². The molecule has 0 N–H and O–H groups in total. The zero-order chi connectivity index (χ0) is 18.9. The molecule has 0 saturated carbocycles. The van der Waals surface area contributed by atoms with Crippen LogP contribution in [0.3, 0.4) is 0 Å². The first-order valence-corrected chi connectivity index (χ1v) is 12.0. The second kappa shape index (κ2) is 8.16. The quantitative estimate of drug-likeness (QED) is 0.454. The maximum absolute atomic E-state index is 6.12. The van der Waals surface area contributed by atoms with Crippen LogP contribution in [0.5, 0.6) is 0 Å². The van der Waals surface area contributed by atoms with E-state index in [1.54, 1.807) is 5.57 Å². The SMILES string of the molecule is CC1=PC(C)(CCP(c2ccc(Cl)cc2)c2ccc(Cl)cc2)C(C)=C1C. The van der Waals surface area contributed by atoms with Gasteiger partial charge in [0.25, 0.3) is 0 Å². The summed E-state index contributed by atoms with van der Waals surface area (Å²) in [7, 11) is 1.05. The lowest BCUT2D eigenvalue weighted by Crippen LogP contribution is -2.22. The first kappa shape index (κ1) is 20.1. The van der Waals surface area contributed by atoms with Crippen LogP contribution in [-0.4, -0.2) is 16.6 Å². The number of benzene rings is 2. The second-order valence-electron chi connectivity index (χ2n) is 7.08. The predicted molar refractivity (Wildman–Crippen MR) is 123 cm³/mol. The Morgan fingerprint density at radius 3 is 1.69 bits per heavy atom. The number of halogens is 2. The van der Waals surface area contributed by atoms with Crippen LogP contribution in [0.4, 0.5) is 0 Å². The molecular formula is C22H24Cl2P2. The fourth-order valence-electron chi connectivity index (χ4n) is 3.44. The third-order valence-electron chi connectivity index (χ3n) is 5.43. The van der Waals surface area contributed by atoms with Crippen molar-refractivity contribution in [3.63, 3.8) is 0 Å². The summed E-state index contributed by atoms with van der Waals surface area (Å²) in [6.07, 6.45) is 2.35. The zero-order valence-corrected chi connectivity index (χ0v) is 19.0.